The van der Waals surface area contributed by atoms with Crippen LogP contribution in [0, 0.1) is 24.1 Å². The minimum atomic E-state index is -3.02. The van der Waals surface area contributed by atoms with Crippen molar-refractivity contribution in [1.82, 2.24) is 9.97 Å². The molecule has 1 aliphatic rings. The van der Waals surface area contributed by atoms with Crippen LogP contribution in [0.3, 0.4) is 0 Å². The maximum absolute atomic E-state index is 14.6. The van der Waals surface area contributed by atoms with Gasteiger partial charge in [-0.1, -0.05) is 0 Å². The number of hydrogen-bond donors (Lipinski definition) is 2. The number of pyridine rings is 2. The molecular formula is C21H24FN7O2S. The van der Waals surface area contributed by atoms with Crippen LogP contribution in [0.15, 0.2) is 33.8 Å². The predicted octanol–water partition coefficient (Wildman–Crippen LogP) is 2.56. The summed E-state index contributed by atoms with van der Waals surface area (Å²) < 4.78 is 31.7. The zero-order chi connectivity index (χ0) is 23.5. The molecule has 1 amide bonds. The third-order valence-corrected chi connectivity index (χ3v) is 8.60. The Labute approximate surface area is 186 Å². The molecule has 0 saturated heterocycles. The first-order chi connectivity index (χ1) is 15.1. The Kier molecular flexibility index (Phi) is 6.55. The number of amides is 1. The summed E-state index contributed by atoms with van der Waals surface area (Å²) in [4.78, 5) is 24.8. The standard InChI is InChI=1S/C21H24FN7O2S/c1-13-9-14(10-23)11-26-18(13)19(30)29-17-6-5-15(22)16(28-17)12-32(31)21(2,20(24)25-3)7-4-8-27-32/h5-6,9,11H,4,7-8,12H2,1-3H3,(H2,24,25)(H,28,29,30)/t21-,32?/m1/s1. The second-order valence-corrected chi connectivity index (χ2v) is 10.4. The number of hydrogen-bond acceptors (Lipinski definition) is 7. The van der Waals surface area contributed by atoms with E-state index in [1.165, 1.54) is 19.3 Å². The van der Waals surface area contributed by atoms with Gasteiger partial charge in [0.15, 0.2) is 0 Å². The van der Waals surface area contributed by atoms with E-state index >= 15 is 0 Å². The smallest absolute Gasteiger partial charge is 0.275 e. The van der Waals surface area contributed by atoms with E-state index < -0.39 is 26.2 Å². The second-order valence-electron chi connectivity index (χ2n) is 7.66. The van der Waals surface area contributed by atoms with Gasteiger partial charge in [-0.25, -0.2) is 22.9 Å². The molecule has 0 fully saturated rings. The van der Waals surface area contributed by atoms with Crippen molar-refractivity contribution in [2.75, 3.05) is 18.9 Å². The van der Waals surface area contributed by atoms with Crippen LogP contribution in [-0.4, -0.2) is 44.3 Å². The van der Waals surface area contributed by atoms with Gasteiger partial charge in [0.1, 0.15) is 34.0 Å². The van der Waals surface area contributed by atoms with E-state index in [1.54, 1.807) is 19.9 Å². The minimum absolute atomic E-state index is 0.0783. The Morgan fingerprint density at radius 2 is 2.22 bits per heavy atom. The summed E-state index contributed by atoms with van der Waals surface area (Å²) in [6, 6.07) is 5.96. The van der Waals surface area contributed by atoms with Crippen LogP contribution in [0.1, 0.15) is 47.1 Å². The molecule has 9 nitrogen and oxygen atoms in total. The average Bonchev–Trinajstić information content (AvgIpc) is 2.77. The normalized spacial score (nSPS) is 23.2. The van der Waals surface area contributed by atoms with Crippen LogP contribution in [0.4, 0.5) is 10.2 Å². The van der Waals surface area contributed by atoms with E-state index in [1.807, 2.05) is 6.07 Å². The summed E-state index contributed by atoms with van der Waals surface area (Å²) >= 11 is 0. The summed E-state index contributed by atoms with van der Waals surface area (Å²) in [6.45, 7) is 3.76. The molecule has 0 radical (unpaired) electrons. The van der Waals surface area contributed by atoms with E-state index in [-0.39, 0.29) is 28.8 Å². The molecule has 11 heteroatoms. The average molecular weight is 458 g/mol. The highest BCUT2D eigenvalue weighted by atomic mass is 32.2. The van der Waals surface area contributed by atoms with Crippen molar-refractivity contribution in [1.29, 1.82) is 5.26 Å². The summed E-state index contributed by atoms with van der Waals surface area (Å²) in [6.07, 6.45) is 2.51. The molecule has 1 aliphatic heterocycles. The number of carbonyl (C=O) groups is 1. The van der Waals surface area contributed by atoms with Gasteiger partial charge in [-0.2, -0.15) is 5.26 Å². The molecule has 3 heterocycles. The van der Waals surface area contributed by atoms with Gasteiger partial charge in [-0.3, -0.25) is 9.79 Å². The number of aromatic nitrogens is 2. The van der Waals surface area contributed by atoms with E-state index in [4.69, 9.17) is 11.0 Å². The number of nitrogens with two attached hydrogens (primary N) is 1. The van der Waals surface area contributed by atoms with Crippen molar-refractivity contribution < 1.29 is 13.4 Å². The van der Waals surface area contributed by atoms with Crippen LogP contribution in [-0.2, 0) is 15.5 Å². The lowest BCUT2D eigenvalue weighted by atomic mass is 10.0. The molecule has 0 spiro atoms. The molecule has 2 aromatic rings. The molecular weight excluding hydrogens is 433 g/mol. The van der Waals surface area contributed by atoms with Crippen molar-refractivity contribution in [2.24, 2.45) is 15.1 Å². The first kappa shape index (κ1) is 23.3. The molecule has 1 unspecified atom stereocenters. The van der Waals surface area contributed by atoms with Crippen LogP contribution in [0.5, 0.6) is 0 Å². The number of amidine groups is 1. The molecule has 32 heavy (non-hydrogen) atoms. The maximum Gasteiger partial charge on any atom is 0.275 e. The molecule has 3 N–H and O–H groups in total. The molecule has 2 aromatic heterocycles. The highest BCUT2D eigenvalue weighted by Gasteiger charge is 2.43. The number of nitriles is 1. The van der Waals surface area contributed by atoms with E-state index in [9.17, 15) is 13.4 Å². The Hall–Kier alpha value is -3.39. The third-order valence-electron chi connectivity index (χ3n) is 5.51. The summed E-state index contributed by atoms with van der Waals surface area (Å²) in [5, 5.41) is 11.5. The molecule has 0 bridgehead atoms. The van der Waals surface area contributed by atoms with Crippen LogP contribution in [0.2, 0.25) is 0 Å². The number of anilines is 1. The zero-order valence-corrected chi connectivity index (χ0v) is 18.9. The van der Waals surface area contributed by atoms with Crippen molar-refractivity contribution in [3.05, 3.63) is 52.7 Å². The SMILES string of the molecule is C/N=C(/N)[C@@]1(C)CCCN=S1(=O)Cc1nc(NC(=O)c2ncc(C#N)cc2C)ccc1F. The topological polar surface area (TPSA) is 146 Å². The Bertz CT molecular complexity index is 1260. The molecule has 0 saturated carbocycles. The van der Waals surface area contributed by atoms with Gasteiger partial charge in [-0.05, 0) is 50.5 Å². The van der Waals surface area contributed by atoms with Gasteiger partial charge >= 0.3 is 0 Å². The lowest BCUT2D eigenvalue weighted by molar-refractivity contribution is 0.102. The van der Waals surface area contributed by atoms with Gasteiger partial charge in [0.25, 0.3) is 5.91 Å². The number of carbonyl (C=O) groups excluding carboxylic acids is 1. The van der Waals surface area contributed by atoms with Crippen LogP contribution >= 0.6 is 0 Å². The largest absolute Gasteiger partial charge is 0.386 e. The summed E-state index contributed by atoms with van der Waals surface area (Å²) in [5.74, 6) is -1.19. The number of halogens is 1. The first-order valence-electron chi connectivity index (χ1n) is 9.90. The van der Waals surface area contributed by atoms with Crippen LogP contribution in [0.25, 0.3) is 0 Å². The lowest BCUT2D eigenvalue weighted by Gasteiger charge is -2.35. The highest BCUT2D eigenvalue weighted by Crippen LogP contribution is 2.33. The third kappa shape index (κ3) is 4.31. The molecule has 0 aromatic carbocycles. The second kappa shape index (κ2) is 9.00. The minimum Gasteiger partial charge on any atom is -0.386 e. The predicted molar refractivity (Wildman–Crippen MR) is 120 cm³/mol. The van der Waals surface area contributed by atoms with Crippen molar-refractivity contribution in [2.45, 2.75) is 37.2 Å². The number of aryl methyl sites for hydroxylation is 1. The van der Waals surface area contributed by atoms with Crippen molar-refractivity contribution in [3.8, 4) is 6.07 Å². The monoisotopic (exact) mass is 457 g/mol. The fraction of sp³-hybridized carbons (Fsp3) is 0.381. The van der Waals surface area contributed by atoms with Crippen molar-refractivity contribution in [3.63, 3.8) is 0 Å². The van der Waals surface area contributed by atoms with E-state index in [0.29, 0.717) is 30.5 Å². The molecule has 168 valence electrons. The van der Waals surface area contributed by atoms with Gasteiger partial charge in [0.05, 0.1) is 26.7 Å². The van der Waals surface area contributed by atoms with Gasteiger partial charge < -0.3 is 11.1 Å². The number of nitrogens with one attached hydrogen (secondary N) is 1. The summed E-state index contributed by atoms with van der Waals surface area (Å²) in [7, 11) is -1.50. The maximum atomic E-state index is 14.6. The highest BCUT2D eigenvalue weighted by molar-refractivity contribution is 7.95. The number of rotatable bonds is 5. The molecule has 3 rings (SSSR count). The quantitative estimate of drug-likeness (QED) is 0.521. The fourth-order valence-electron chi connectivity index (χ4n) is 3.55. The van der Waals surface area contributed by atoms with Gasteiger partial charge in [0, 0.05) is 19.8 Å². The summed E-state index contributed by atoms with van der Waals surface area (Å²) in [5.41, 5.74) is 6.93. The zero-order valence-electron chi connectivity index (χ0n) is 18.1. The van der Waals surface area contributed by atoms with Gasteiger partial charge in [0.2, 0.25) is 0 Å². The molecule has 2 atom stereocenters. The lowest BCUT2D eigenvalue weighted by Crippen LogP contribution is -2.50. The number of aliphatic imine (C=N–C) groups is 1. The first-order valence-corrected chi connectivity index (χ1v) is 11.6. The van der Waals surface area contributed by atoms with E-state index in [2.05, 4.69) is 24.6 Å². The Balaban J connectivity index is 1.91. The van der Waals surface area contributed by atoms with E-state index in [0.717, 1.165) is 6.07 Å². The fourth-order valence-corrected chi connectivity index (χ4v) is 6.13. The van der Waals surface area contributed by atoms with Crippen LogP contribution < -0.4 is 11.1 Å². The van der Waals surface area contributed by atoms with Crippen molar-refractivity contribution >= 4 is 27.3 Å². The number of nitrogens with zero attached hydrogens (tertiary/aromatic N) is 5. The Morgan fingerprint density at radius 1 is 1.47 bits per heavy atom. The van der Waals surface area contributed by atoms with Gasteiger partial charge in [-0.15, -0.1) is 0 Å². The molecule has 0 aliphatic carbocycles. The Morgan fingerprint density at radius 3 is 2.88 bits per heavy atom.